The zero-order chi connectivity index (χ0) is 11.6. The van der Waals surface area contributed by atoms with Crippen LogP contribution in [0.15, 0.2) is 18.5 Å². The molecule has 0 radical (unpaired) electrons. The number of pyridine rings is 1. The second kappa shape index (κ2) is 4.50. The maximum absolute atomic E-state index is 13.2. The molecule has 1 fully saturated rings. The predicted molar refractivity (Wildman–Crippen MR) is 62.3 cm³/mol. The number of rotatable bonds is 2. The summed E-state index contributed by atoms with van der Waals surface area (Å²) < 4.78 is 13.2. The monoisotopic (exact) mass is 222 g/mol. The Hall–Kier alpha value is -0.960. The minimum absolute atomic E-state index is 0.289. The molecule has 2 atom stereocenters. The molecule has 3 heteroatoms. The maximum Gasteiger partial charge on any atom is 0.141 e. The smallest absolute Gasteiger partial charge is 0.141 e. The van der Waals surface area contributed by atoms with Crippen LogP contribution < -0.4 is 5.73 Å². The molecule has 2 rings (SSSR count). The van der Waals surface area contributed by atoms with Gasteiger partial charge >= 0.3 is 0 Å². The van der Waals surface area contributed by atoms with Crippen molar-refractivity contribution in [2.45, 2.75) is 44.6 Å². The van der Waals surface area contributed by atoms with Crippen molar-refractivity contribution in [1.82, 2.24) is 4.98 Å². The van der Waals surface area contributed by atoms with Gasteiger partial charge < -0.3 is 5.73 Å². The second-order valence-electron chi connectivity index (χ2n) is 4.78. The summed E-state index contributed by atoms with van der Waals surface area (Å²) >= 11 is 0. The maximum atomic E-state index is 13.2. The first-order valence-electron chi connectivity index (χ1n) is 6.06. The lowest BCUT2D eigenvalue weighted by Crippen LogP contribution is -2.46. The van der Waals surface area contributed by atoms with Gasteiger partial charge in [0.15, 0.2) is 0 Å². The molecule has 0 aromatic carbocycles. The Kier molecular flexibility index (Phi) is 3.24. The fourth-order valence-corrected chi connectivity index (χ4v) is 2.88. The van der Waals surface area contributed by atoms with E-state index >= 15 is 0 Å². The lowest BCUT2D eigenvalue weighted by molar-refractivity contribution is 0.183. The van der Waals surface area contributed by atoms with E-state index in [2.05, 4.69) is 11.9 Å². The second-order valence-corrected chi connectivity index (χ2v) is 4.78. The topological polar surface area (TPSA) is 38.9 Å². The van der Waals surface area contributed by atoms with Crippen LogP contribution in [0.25, 0.3) is 0 Å². The lowest BCUT2D eigenvalue weighted by Gasteiger charge is -2.41. The highest BCUT2D eigenvalue weighted by Crippen LogP contribution is 2.41. The molecule has 0 aliphatic heterocycles. The SMILES string of the molecule is CCC1CCCCC1(N)c1cncc(F)c1. The standard InChI is InChI=1S/C13H19FN2/c1-2-10-5-3-4-6-13(10,15)11-7-12(14)9-16-8-11/h7-10H,2-6,15H2,1H3. The van der Waals surface area contributed by atoms with E-state index in [1.165, 1.54) is 12.6 Å². The molecule has 1 heterocycles. The zero-order valence-electron chi connectivity index (χ0n) is 9.75. The minimum Gasteiger partial charge on any atom is -0.321 e. The van der Waals surface area contributed by atoms with Crippen LogP contribution in [-0.4, -0.2) is 4.98 Å². The Morgan fingerprint density at radius 3 is 3.00 bits per heavy atom. The quantitative estimate of drug-likeness (QED) is 0.835. The molecular weight excluding hydrogens is 203 g/mol. The Morgan fingerprint density at radius 2 is 2.31 bits per heavy atom. The van der Waals surface area contributed by atoms with Gasteiger partial charge in [-0.1, -0.05) is 26.2 Å². The van der Waals surface area contributed by atoms with E-state index in [-0.39, 0.29) is 11.4 Å². The minimum atomic E-state index is -0.373. The molecule has 2 nitrogen and oxygen atoms in total. The van der Waals surface area contributed by atoms with Crippen molar-refractivity contribution in [2.24, 2.45) is 11.7 Å². The van der Waals surface area contributed by atoms with Crippen LogP contribution in [0.2, 0.25) is 0 Å². The molecule has 0 spiro atoms. The van der Waals surface area contributed by atoms with Gasteiger partial charge in [-0.25, -0.2) is 4.39 Å². The lowest BCUT2D eigenvalue weighted by atomic mass is 9.69. The normalized spacial score (nSPS) is 30.3. The highest BCUT2D eigenvalue weighted by Gasteiger charge is 2.37. The third-order valence-corrected chi connectivity index (χ3v) is 3.86. The molecule has 1 aromatic heterocycles. The first kappa shape index (κ1) is 11.5. The molecule has 88 valence electrons. The van der Waals surface area contributed by atoms with E-state index in [0.29, 0.717) is 5.92 Å². The van der Waals surface area contributed by atoms with Crippen molar-refractivity contribution < 1.29 is 4.39 Å². The summed E-state index contributed by atoms with van der Waals surface area (Å²) in [6.07, 6.45) is 8.45. The number of hydrogen-bond donors (Lipinski definition) is 1. The van der Waals surface area contributed by atoms with Gasteiger partial charge in [-0.3, -0.25) is 4.98 Å². The number of aromatic nitrogens is 1. The Balaban J connectivity index is 2.34. The molecule has 1 aliphatic rings. The third kappa shape index (κ3) is 1.96. The van der Waals surface area contributed by atoms with Crippen molar-refractivity contribution >= 4 is 0 Å². The van der Waals surface area contributed by atoms with E-state index in [1.807, 2.05) is 0 Å². The molecule has 0 amide bonds. The number of nitrogens with zero attached hydrogens (tertiary/aromatic N) is 1. The summed E-state index contributed by atoms with van der Waals surface area (Å²) in [5, 5.41) is 0. The van der Waals surface area contributed by atoms with Crippen LogP contribution in [0.1, 0.15) is 44.6 Å². The summed E-state index contributed by atoms with van der Waals surface area (Å²) in [6, 6.07) is 1.54. The van der Waals surface area contributed by atoms with E-state index in [9.17, 15) is 4.39 Å². The van der Waals surface area contributed by atoms with E-state index in [0.717, 1.165) is 31.2 Å². The van der Waals surface area contributed by atoms with Gasteiger partial charge in [0.1, 0.15) is 5.82 Å². The van der Waals surface area contributed by atoms with Gasteiger partial charge in [0.25, 0.3) is 0 Å². The molecule has 0 bridgehead atoms. The van der Waals surface area contributed by atoms with E-state index in [4.69, 9.17) is 5.73 Å². The van der Waals surface area contributed by atoms with Crippen LogP contribution in [0.3, 0.4) is 0 Å². The van der Waals surface area contributed by atoms with Crippen molar-refractivity contribution in [3.63, 3.8) is 0 Å². The van der Waals surface area contributed by atoms with E-state index < -0.39 is 0 Å². The number of hydrogen-bond acceptors (Lipinski definition) is 2. The van der Waals surface area contributed by atoms with Crippen molar-refractivity contribution in [1.29, 1.82) is 0 Å². The summed E-state index contributed by atoms with van der Waals surface area (Å²) in [7, 11) is 0. The molecule has 1 aromatic rings. The fraction of sp³-hybridized carbons (Fsp3) is 0.615. The van der Waals surface area contributed by atoms with Gasteiger partial charge in [-0.2, -0.15) is 0 Å². The first-order valence-corrected chi connectivity index (χ1v) is 6.06. The van der Waals surface area contributed by atoms with Gasteiger partial charge in [-0.15, -0.1) is 0 Å². The highest BCUT2D eigenvalue weighted by molar-refractivity contribution is 5.23. The molecule has 0 saturated heterocycles. The molecular formula is C13H19FN2. The number of halogens is 1. The molecule has 16 heavy (non-hydrogen) atoms. The Bertz CT molecular complexity index is 367. The summed E-state index contributed by atoms with van der Waals surface area (Å²) in [5.74, 6) is 0.160. The summed E-state index contributed by atoms with van der Waals surface area (Å²) in [4.78, 5) is 3.92. The van der Waals surface area contributed by atoms with E-state index in [1.54, 1.807) is 12.3 Å². The van der Waals surface area contributed by atoms with Crippen LogP contribution in [0, 0.1) is 11.7 Å². The molecule has 2 N–H and O–H groups in total. The average Bonchev–Trinajstić information content (AvgIpc) is 2.30. The fourth-order valence-electron chi connectivity index (χ4n) is 2.88. The first-order chi connectivity index (χ1) is 7.66. The van der Waals surface area contributed by atoms with Crippen LogP contribution >= 0.6 is 0 Å². The largest absolute Gasteiger partial charge is 0.321 e. The zero-order valence-corrected chi connectivity index (χ0v) is 9.75. The van der Waals surface area contributed by atoms with Gasteiger partial charge in [0.05, 0.1) is 6.20 Å². The summed E-state index contributed by atoms with van der Waals surface area (Å²) in [6.45, 7) is 2.16. The van der Waals surface area contributed by atoms with Crippen molar-refractivity contribution in [2.75, 3.05) is 0 Å². The van der Waals surface area contributed by atoms with Gasteiger partial charge in [0.2, 0.25) is 0 Å². The van der Waals surface area contributed by atoms with Crippen molar-refractivity contribution in [3.8, 4) is 0 Å². The summed E-state index contributed by atoms with van der Waals surface area (Å²) in [5.41, 5.74) is 6.98. The Morgan fingerprint density at radius 1 is 1.50 bits per heavy atom. The average molecular weight is 222 g/mol. The predicted octanol–water partition coefficient (Wildman–Crippen LogP) is 2.97. The van der Waals surface area contributed by atoms with Gasteiger partial charge in [0, 0.05) is 11.7 Å². The molecule has 1 saturated carbocycles. The van der Waals surface area contributed by atoms with Crippen LogP contribution in [0.5, 0.6) is 0 Å². The van der Waals surface area contributed by atoms with Crippen molar-refractivity contribution in [3.05, 3.63) is 29.8 Å². The molecule has 1 aliphatic carbocycles. The van der Waals surface area contributed by atoms with Crippen LogP contribution in [-0.2, 0) is 5.54 Å². The highest BCUT2D eigenvalue weighted by atomic mass is 19.1. The molecule has 2 unspecified atom stereocenters. The van der Waals surface area contributed by atoms with Gasteiger partial charge in [-0.05, 0) is 30.4 Å². The van der Waals surface area contributed by atoms with Crippen LogP contribution in [0.4, 0.5) is 4.39 Å². The third-order valence-electron chi connectivity index (χ3n) is 3.86. The Labute approximate surface area is 96.1 Å². The number of nitrogens with two attached hydrogens (primary N) is 1.